The van der Waals surface area contributed by atoms with Crippen molar-refractivity contribution in [2.45, 2.75) is 11.4 Å². The third-order valence-corrected chi connectivity index (χ3v) is 5.36. The van der Waals surface area contributed by atoms with E-state index in [-0.39, 0.29) is 27.8 Å². The minimum Gasteiger partial charge on any atom is -0.452 e. The second-order valence-electron chi connectivity index (χ2n) is 5.33. The Morgan fingerprint density at radius 2 is 1.81 bits per heavy atom. The van der Waals surface area contributed by atoms with Crippen LogP contribution in [0.4, 0.5) is 4.39 Å². The summed E-state index contributed by atoms with van der Waals surface area (Å²) in [6.07, 6.45) is 0. The first kappa shape index (κ1) is 20.8. The number of carbonyl (C=O) groups excluding carboxylic acids is 2. The molecule has 0 fully saturated rings. The molecule has 0 aromatic heterocycles. The highest BCUT2D eigenvalue weighted by Gasteiger charge is 2.19. The molecular weight excluding hydrogens is 399 g/mol. The number of nitrogens with one attached hydrogen (secondary N) is 2. The van der Waals surface area contributed by atoms with Crippen molar-refractivity contribution in [1.29, 1.82) is 0 Å². The van der Waals surface area contributed by atoms with E-state index in [0.29, 0.717) is 5.56 Å². The van der Waals surface area contributed by atoms with Gasteiger partial charge in [0.1, 0.15) is 10.7 Å². The van der Waals surface area contributed by atoms with Crippen LogP contribution in [0.1, 0.15) is 15.9 Å². The Morgan fingerprint density at radius 3 is 2.44 bits per heavy atom. The average Bonchev–Trinajstić information content (AvgIpc) is 2.65. The fourth-order valence-electron chi connectivity index (χ4n) is 2.01. The molecule has 2 N–H and O–H groups in total. The topological polar surface area (TPSA) is 102 Å². The number of halogens is 2. The lowest BCUT2D eigenvalue weighted by molar-refractivity contribution is -0.124. The molecular formula is C17H16ClFN2O5S. The molecule has 0 aliphatic heterocycles. The molecule has 1 amide bonds. The van der Waals surface area contributed by atoms with E-state index >= 15 is 0 Å². The van der Waals surface area contributed by atoms with Gasteiger partial charge in [0.15, 0.2) is 6.61 Å². The maximum Gasteiger partial charge on any atom is 0.338 e. The van der Waals surface area contributed by atoms with Crippen LogP contribution in [0.2, 0.25) is 5.02 Å². The van der Waals surface area contributed by atoms with E-state index in [1.165, 1.54) is 43.4 Å². The van der Waals surface area contributed by atoms with Crippen LogP contribution in [0.15, 0.2) is 47.4 Å². The van der Waals surface area contributed by atoms with Crippen LogP contribution in [0.3, 0.4) is 0 Å². The maximum absolute atomic E-state index is 12.8. The molecule has 0 radical (unpaired) electrons. The first-order chi connectivity index (χ1) is 12.7. The smallest absolute Gasteiger partial charge is 0.338 e. The van der Waals surface area contributed by atoms with E-state index in [9.17, 15) is 22.4 Å². The molecule has 7 nitrogen and oxygen atoms in total. The summed E-state index contributed by atoms with van der Waals surface area (Å²) in [6.45, 7) is -0.418. The fourth-order valence-corrected chi connectivity index (χ4v) is 3.26. The lowest BCUT2D eigenvalue weighted by atomic mass is 10.2. The summed E-state index contributed by atoms with van der Waals surface area (Å²) in [5.74, 6) is -1.83. The number of carbonyl (C=O) groups is 2. The third-order valence-electron chi connectivity index (χ3n) is 3.46. The number of rotatable bonds is 7. The Bertz CT molecular complexity index is 948. The number of amides is 1. The van der Waals surface area contributed by atoms with Gasteiger partial charge in [-0.3, -0.25) is 4.79 Å². The molecule has 10 heteroatoms. The molecule has 0 aliphatic carbocycles. The van der Waals surface area contributed by atoms with Gasteiger partial charge in [-0.15, -0.1) is 0 Å². The Hall–Kier alpha value is -2.49. The van der Waals surface area contributed by atoms with Crippen LogP contribution in [0, 0.1) is 5.82 Å². The highest BCUT2D eigenvalue weighted by atomic mass is 35.5. The van der Waals surface area contributed by atoms with E-state index in [1.807, 2.05) is 0 Å². The zero-order chi connectivity index (χ0) is 20.0. The second-order valence-corrected chi connectivity index (χ2v) is 7.59. The molecule has 0 saturated carbocycles. The monoisotopic (exact) mass is 414 g/mol. The summed E-state index contributed by atoms with van der Waals surface area (Å²) in [6, 6.07) is 9.15. The van der Waals surface area contributed by atoms with Crippen molar-refractivity contribution in [2.24, 2.45) is 0 Å². The highest BCUT2D eigenvalue weighted by Crippen LogP contribution is 2.22. The molecule has 27 heavy (non-hydrogen) atoms. The van der Waals surface area contributed by atoms with Gasteiger partial charge in [-0.25, -0.2) is 22.3 Å². The number of ether oxygens (including phenoxy) is 1. The Labute approximate surface area is 160 Å². The summed E-state index contributed by atoms with van der Waals surface area (Å²) in [5, 5.41) is 2.46. The highest BCUT2D eigenvalue weighted by molar-refractivity contribution is 7.89. The van der Waals surface area contributed by atoms with Crippen LogP contribution >= 0.6 is 11.6 Å². The fraction of sp³-hybridized carbons (Fsp3) is 0.176. The van der Waals surface area contributed by atoms with Crippen LogP contribution < -0.4 is 10.0 Å². The van der Waals surface area contributed by atoms with Gasteiger partial charge in [0, 0.05) is 6.54 Å². The minimum absolute atomic E-state index is 0.0575. The van der Waals surface area contributed by atoms with Crippen LogP contribution in [-0.2, 0) is 26.1 Å². The van der Waals surface area contributed by atoms with Crippen molar-refractivity contribution in [2.75, 3.05) is 13.7 Å². The second kappa shape index (κ2) is 8.94. The predicted molar refractivity (Wildman–Crippen MR) is 96.2 cm³/mol. The van der Waals surface area contributed by atoms with Gasteiger partial charge in [-0.2, -0.15) is 0 Å². The number of sulfonamides is 1. The standard InChI is InChI=1S/C17H16ClFN2O5S/c1-20-27(24,25)15-8-12(4-7-14(15)18)17(23)26-10-16(22)21-9-11-2-5-13(19)6-3-11/h2-8,20H,9-10H2,1H3,(H,21,22). The Kier molecular flexibility index (Phi) is 6.89. The van der Waals surface area contributed by atoms with Crippen LogP contribution in [0.5, 0.6) is 0 Å². The van der Waals surface area contributed by atoms with Crippen molar-refractivity contribution in [3.05, 3.63) is 64.4 Å². The van der Waals surface area contributed by atoms with Gasteiger partial charge in [0.25, 0.3) is 5.91 Å². The third kappa shape index (κ3) is 5.75. The first-order valence-electron chi connectivity index (χ1n) is 7.64. The summed E-state index contributed by atoms with van der Waals surface area (Å²) in [5.41, 5.74) is 0.607. The molecule has 0 spiro atoms. The molecule has 0 unspecified atom stereocenters. The number of esters is 1. The maximum atomic E-state index is 12.8. The molecule has 0 heterocycles. The van der Waals surface area contributed by atoms with Crippen molar-refractivity contribution < 1.29 is 27.1 Å². The quantitative estimate of drug-likeness (QED) is 0.673. The summed E-state index contributed by atoms with van der Waals surface area (Å²) < 4.78 is 43.5. The van der Waals surface area contributed by atoms with Gasteiger partial charge >= 0.3 is 5.97 Å². The summed E-state index contributed by atoms with van der Waals surface area (Å²) in [4.78, 5) is 23.5. The Balaban J connectivity index is 1.94. The minimum atomic E-state index is -3.85. The summed E-state index contributed by atoms with van der Waals surface area (Å²) in [7, 11) is -2.64. The lowest BCUT2D eigenvalue weighted by Gasteiger charge is -2.09. The molecule has 2 aromatic carbocycles. The van der Waals surface area contributed by atoms with Gasteiger partial charge in [-0.05, 0) is 42.9 Å². The molecule has 0 bridgehead atoms. The van der Waals surface area contributed by atoms with Crippen molar-refractivity contribution >= 4 is 33.5 Å². The molecule has 144 valence electrons. The number of hydrogen-bond acceptors (Lipinski definition) is 5. The van der Waals surface area contributed by atoms with Crippen LogP contribution in [0.25, 0.3) is 0 Å². The Morgan fingerprint density at radius 1 is 1.15 bits per heavy atom. The van der Waals surface area contributed by atoms with Gasteiger partial charge < -0.3 is 10.1 Å². The zero-order valence-electron chi connectivity index (χ0n) is 14.2. The van der Waals surface area contributed by atoms with Crippen LogP contribution in [-0.4, -0.2) is 33.9 Å². The first-order valence-corrected chi connectivity index (χ1v) is 9.50. The molecule has 0 saturated heterocycles. The largest absolute Gasteiger partial charge is 0.452 e. The van der Waals surface area contributed by atoms with E-state index < -0.39 is 28.5 Å². The van der Waals surface area contributed by atoms with Crippen molar-refractivity contribution in [3.8, 4) is 0 Å². The van der Waals surface area contributed by atoms with Gasteiger partial charge in [0.2, 0.25) is 10.0 Å². The van der Waals surface area contributed by atoms with E-state index in [0.717, 1.165) is 6.07 Å². The van der Waals surface area contributed by atoms with E-state index in [1.54, 1.807) is 0 Å². The number of hydrogen-bond donors (Lipinski definition) is 2. The van der Waals surface area contributed by atoms with Crippen molar-refractivity contribution in [1.82, 2.24) is 10.0 Å². The van der Waals surface area contributed by atoms with Crippen molar-refractivity contribution in [3.63, 3.8) is 0 Å². The molecule has 2 aromatic rings. The van der Waals surface area contributed by atoms with E-state index in [4.69, 9.17) is 16.3 Å². The lowest BCUT2D eigenvalue weighted by Crippen LogP contribution is -2.28. The number of benzene rings is 2. The predicted octanol–water partition coefficient (Wildman–Crippen LogP) is 1.86. The van der Waals surface area contributed by atoms with E-state index in [2.05, 4.69) is 10.0 Å². The molecule has 2 rings (SSSR count). The molecule has 0 atom stereocenters. The van der Waals surface area contributed by atoms with Gasteiger partial charge in [-0.1, -0.05) is 23.7 Å². The normalized spacial score (nSPS) is 11.1. The summed E-state index contributed by atoms with van der Waals surface area (Å²) >= 11 is 5.84. The molecule has 0 aliphatic rings. The SMILES string of the molecule is CNS(=O)(=O)c1cc(C(=O)OCC(=O)NCc2ccc(F)cc2)ccc1Cl. The zero-order valence-corrected chi connectivity index (χ0v) is 15.7. The average molecular weight is 415 g/mol. The van der Waals surface area contributed by atoms with Gasteiger partial charge in [0.05, 0.1) is 10.6 Å².